The number of anilines is 1. The minimum Gasteiger partial charge on any atom is -0.326 e. The molecule has 25 heavy (non-hydrogen) atoms. The van der Waals surface area contributed by atoms with Crippen LogP contribution in [0.4, 0.5) is 5.69 Å². The number of rotatable bonds is 6. The molecule has 1 N–H and O–H groups in total. The third kappa shape index (κ3) is 5.59. The first-order chi connectivity index (χ1) is 12.1. The summed E-state index contributed by atoms with van der Waals surface area (Å²) in [7, 11) is 0. The van der Waals surface area contributed by atoms with Crippen molar-refractivity contribution in [1.82, 2.24) is 4.98 Å². The molecule has 3 rings (SSSR count). The van der Waals surface area contributed by atoms with Crippen LogP contribution < -0.4 is 5.32 Å². The lowest BCUT2D eigenvalue weighted by molar-refractivity contribution is -0.115. The third-order valence-electron chi connectivity index (χ3n) is 3.45. The van der Waals surface area contributed by atoms with Crippen molar-refractivity contribution in [3.63, 3.8) is 0 Å². The summed E-state index contributed by atoms with van der Waals surface area (Å²) in [5.74, 6) is 0.782. The standard InChI is InChI=1S/C19H17ClN2OS2/c1-13-3-2-4-16(9-13)21-18(23)10-17-12-25-19(22-17)24-11-14-5-7-15(20)8-6-14/h2-9,12H,10-11H2,1H3,(H,21,23). The number of carbonyl (C=O) groups is 1. The van der Waals surface area contributed by atoms with Crippen molar-refractivity contribution < 1.29 is 4.79 Å². The maximum Gasteiger partial charge on any atom is 0.230 e. The number of thiazole rings is 1. The molecule has 1 aromatic heterocycles. The molecule has 3 nitrogen and oxygen atoms in total. The van der Waals surface area contributed by atoms with Gasteiger partial charge >= 0.3 is 0 Å². The van der Waals surface area contributed by atoms with E-state index in [1.54, 1.807) is 23.1 Å². The number of hydrogen-bond donors (Lipinski definition) is 1. The normalized spacial score (nSPS) is 10.6. The van der Waals surface area contributed by atoms with E-state index in [1.807, 2.05) is 60.8 Å². The van der Waals surface area contributed by atoms with Gasteiger partial charge in [0.25, 0.3) is 0 Å². The topological polar surface area (TPSA) is 42.0 Å². The minimum atomic E-state index is -0.0508. The fourth-order valence-corrected chi connectivity index (χ4v) is 4.18. The van der Waals surface area contributed by atoms with Crippen LogP contribution >= 0.6 is 34.7 Å². The van der Waals surface area contributed by atoms with E-state index >= 15 is 0 Å². The van der Waals surface area contributed by atoms with E-state index in [-0.39, 0.29) is 12.3 Å². The van der Waals surface area contributed by atoms with Gasteiger partial charge < -0.3 is 5.32 Å². The smallest absolute Gasteiger partial charge is 0.230 e. The molecule has 0 saturated heterocycles. The van der Waals surface area contributed by atoms with E-state index in [0.717, 1.165) is 32.1 Å². The van der Waals surface area contributed by atoms with Crippen molar-refractivity contribution >= 4 is 46.3 Å². The molecule has 0 atom stereocenters. The van der Waals surface area contributed by atoms with Crippen LogP contribution in [-0.4, -0.2) is 10.9 Å². The first kappa shape index (κ1) is 18.0. The lowest BCUT2D eigenvalue weighted by Crippen LogP contribution is -2.14. The van der Waals surface area contributed by atoms with Crippen molar-refractivity contribution in [2.75, 3.05) is 5.32 Å². The summed E-state index contributed by atoms with van der Waals surface area (Å²) in [5.41, 5.74) is 3.93. The van der Waals surface area contributed by atoms with Crippen molar-refractivity contribution in [1.29, 1.82) is 0 Å². The van der Waals surface area contributed by atoms with Gasteiger partial charge in [0.15, 0.2) is 0 Å². The predicted molar refractivity (Wildman–Crippen MR) is 107 cm³/mol. The van der Waals surface area contributed by atoms with Gasteiger partial charge in [-0.3, -0.25) is 4.79 Å². The predicted octanol–water partition coefficient (Wildman–Crippen LogP) is 5.58. The highest BCUT2D eigenvalue weighted by Gasteiger charge is 2.09. The Morgan fingerprint density at radius 3 is 2.80 bits per heavy atom. The van der Waals surface area contributed by atoms with Crippen LogP contribution in [0.3, 0.4) is 0 Å². The number of carbonyl (C=O) groups excluding carboxylic acids is 1. The van der Waals surface area contributed by atoms with E-state index in [0.29, 0.717) is 0 Å². The Morgan fingerprint density at radius 1 is 1.24 bits per heavy atom. The molecule has 6 heteroatoms. The summed E-state index contributed by atoms with van der Waals surface area (Å²) < 4.78 is 0.966. The average Bonchev–Trinajstić information content (AvgIpc) is 3.01. The van der Waals surface area contributed by atoms with Gasteiger partial charge in [0.2, 0.25) is 5.91 Å². The Bertz CT molecular complexity index is 862. The van der Waals surface area contributed by atoms with Gasteiger partial charge in [0.1, 0.15) is 4.34 Å². The Kier molecular flexibility index (Phi) is 6.13. The largest absolute Gasteiger partial charge is 0.326 e. The zero-order valence-electron chi connectivity index (χ0n) is 13.7. The molecule has 1 heterocycles. The maximum absolute atomic E-state index is 12.1. The number of halogens is 1. The van der Waals surface area contributed by atoms with Crippen molar-refractivity contribution in [3.8, 4) is 0 Å². The quantitative estimate of drug-likeness (QED) is 0.560. The lowest BCUT2D eigenvalue weighted by Gasteiger charge is -2.04. The fraction of sp³-hybridized carbons (Fsp3) is 0.158. The highest BCUT2D eigenvalue weighted by atomic mass is 35.5. The number of nitrogens with one attached hydrogen (secondary N) is 1. The second kappa shape index (κ2) is 8.52. The van der Waals surface area contributed by atoms with Crippen LogP contribution in [0, 0.1) is 6.92 Å². The molecule has 0 radical (unpaired) electrons. The van der Waals surface area contributed by atoms with Gasteiger partial charge in [0, 0.05) is 21.8 Å². The number of nitrogens with zero attached hydrogens (tertiary/aromatic N) is 1. The summed E-state index contributed by atoms with van der Waals surface area (Å²) in [4.78, 5) is 16.7. The van der Waals surface area contributed by atoms with Gasteiger partial charge in [-0.05, 0) is 42.3 Å². The molecule has 1 amide bonds. The van der Waals surface area contributed by atoms with Crippen molar-refractivity contribution in [3.05, 3.63) is 75.8 Å². The van der Waals surface area contributed by atoms with E-state index in [1.165, 1.54) is 5.56 Å². The van der Waals surface area contributed by atoms with Crippen LogP contribution in [0.2, 0.25) is 5.02 Å². The van der Waals surface area contributed by atoms with Crippen molar-refractivity contribution in [2.24, 2.45) is 0 Å². The maximum atomic E-state index is 12.1. The van der Waals surface area contributed by atoms with Crippen LogP contribution in [0.25, 0.3) is 0 Å². The number of aromatic nitrogens is 1. The van der Waals surface area contributed by atoms with E-state index in [9.17, 15) is 4.79 Å². The van der Waals surface area contributed by atoms with Crippen molar-refractivity contribution in [2.45, 2.75) is 23.4 Å². The highest BCUT2D eigenvalue weighted by Crippen LogP contribution is 2.27. The molecule has 0 aliphatic carbocycles. The molecule has 128 valence electrons. The Balaban J connectivity index is 1.52. The van der Waals surface area contributed by atoms with Crippen LogP contribution in [0.1, 0.15) is 16.8 Å². The first-order valence-electron chi connectivity index (χ1n) is 7.77. The first-order valence-corrected chi connectivity index (χ1v) is 10.0. The Hall–Kier alpha value is -1.82. The Morgan fingerprint density at radius 2 is 2.04 bits per heavy atom. The van der Waals surface area contributed by atoms with E-state index < -0.39 is 0 Å². The van der Waals surface area contributed by atoms with Gasteiger partial charge in [0.05, 0.1) is 12.1 Å². The molecule has 3 aromatic rings. The van der Waals surface area contributed by atoms with Gasteiger partial charge in [-0.25, -0.2) is 4.98 Å². The van der Waals surface area contributed by atoms with Crippen LogP contribution in [0.5, 0.6) is 0 Å². The second-order valence-electron chi connectivity index (χ2n) is 5.61. The fourth-order valence-electron chi connectivity index (χ4n) is 2.25. The molecule has 0 unspecified atom stereocenters. The molecular weight excluding hydrogens is 372 g/mol. The summed E-state index contributed by atoms with van der Waals surface area (Å²) in [6.45, 7) is 2.00. The molecule has 0 spiro atoms. The number of amides is 1. The van der Waals surface area contributed by atoms with Gasteiger partial charge in [-0.15, -0.1) is 11.3 Å². The van der Waals surface area contributed by atoms with Gasteiger partial charge in [-0.2, -0.15) is 0 Å². The monoisotopic (exact) mass is 388 g/mol. The van der Waals surface area contributed by atoms with E-state index in [2.05, 4.69) is 10.3 Å². The molecule has 0 fully saturated rings. The highest BCUT2D eigenvalue weighted by molar-refractivity contribution is 8.00. The summed E-state index contributed by atoms with van der Waals surface area (Å²) in [5, 5.41) is 5.60. The second-order valence-corrected chi connectivity index (χ2v) is 8.13. The molecule has 0 aliphatic heterocycles. The number of benzene rings is 2. The molecule has 0 saturated carbocycles. The average molecular weight is 389 g/mol. The Labute approximate surface area is 160 Å². The van der Waals surface area contributed by atoms with Gasteiger partial charge in [-0.1, -0.05) is 47.6 Å². The zero-order chi connectivity index (χ0) is 17.6. The SMILES string of the molecule is Cc1cccc(NC(=O)Cc2csc(SCc3ccc(Cl)cc3)n2)c1. The zero-order valence-corrected chi connectivity index (χ0v) is 16.0. The molecule has 0 aliphatic rings. The number of aryl methyl sites for hydroxylation is 1. The molecule has 0 bridgehead atoms. The lowest BCUT2D eigenvalue weighted by atomic mass is 10.2. The van der Waals surface area contributed by atoms with Crippen LogP contribution in [-0.2, 0) is 17.0 Å². The third-order valence-corrected chi connectivity index (χ3v) is 5.84. The number of thioether (sulfide) groups is 1. The minimum absolute atomic E-state index is 0.0508. The molecular formula is C19H17ClN2OS2. The summed E-state index contributed by atoms with van der Waals surface area (Å²) in [6.07, 6.45) is 0.284. The van der Waals surface area contributed by atoms with Crippen LogP contribution in [0.15, 0.2) is 58.3 Å². The van der Waals surface area contributed by atoms with E-state index in [4.69, 9.17) is 11.6 Å². The summed E-state index contributed by atoms with van der Waals surface area (Å²) >= 11 is 9.13. The molecule has 2 aromatic carbocycles. The summed E-state index contributed by atoms with van der Waals surface area (Å²) in [6, 6.07) is 15.6. The number of hydrogen-bond acceptors (Lipinski definition) is 4.